The number of piperidine rings is 1. The first-order valence-corrected chi connectivity index (χ1v) is 5.33. The van der Waals surface area contributed by atoms with Crippen LogP contribution in [0.2, 0.25) is 0 Å². The van der Waals surface area contributed by atoms with E-state index >= 15 is 0 Å². The summed E-state index contributed by atoms with van der Waals surface area (Å²) in [6.07, 6.45) is 0.766. The van der Waals surface area contributed by atoms with Crippen LogP contribution in [0.1, 0.15) is 36.4 Å². The van der Waals surface area contributed by atoms with E-state index in [1.807, 2.05) is 0 Å². The molecular weight excluding hydrogens is 217 g/mol. The lowest BCUT2D eigenvalue weighted by atomic mass is 9.95. The molecule has 0 saturated carbocycles. The van der Waals surface area contributed by atoms with Crippen molar-refractivity contribution in [3.63, 3.8) is 0 Å². The van der Waals surface area contributed by atoms with E-state index in [-0.39, 0.29) is 6.04 Å². The van der Waals surface area contributed by atoms with Gasteiger partial charge in [-0.15, -0.1) is 0 Å². The Morgan fingerprint density at radius 3 is 2.75 bits per heavy atom. The molecule has 1 unspecified atom stereocenters. The Kier molecular flexibility index (Phi) is 3.14. The van der Waals surface area contributed by atoms with E-state index < -0.39 is 11.7 Å². The van der Waals surface area contributed by atoms with Crippen LogP contribution in [0.15, 0.2) is 18.5 Å². The molecule has 1 aliphatic rings. The van der Waals surface area contributed by atoms with Gasteiger partial charge in [0.2, 0.25) is 0 Å². The van der Waals surface area contributed by atoms with Gasteiger partial charge in [-0.05, 0) is 31.0 Å². The van der Waals surface area contributed by atoms with E-state index in [0.717, 1.165) is 32.0 Å². The number of halogens is 3. The molecule has 5 heteroatoms. The molecule has 1 aromatic rings. The van der Waals surface area contributed by atoms with Crippen LogP contribution in [0.3, 0.4) is 0 Å². The summed E-state index contributed by atoms with van der Waals surface area (Å²) >= 11 is 0. The molecule has 16 heavy (non-hydrogen) atoms. The summed E-state index contributed by atoms with van der Waals surface area (Å²) < 4.78 is 38.2. The van der Waals surface area contributed by atoms with E-state index in [1.54, 1.807) is 0 Å². The van der Waals surface area contributed by atoms with E-state index in [4.69, 9.17) is 0 Å². The number of nitrogens with one attached hydrogen (secondary N) is 1. The molecule has 1 aromatic heterocycles. The summed E-state index contributed by atoms with van der Waals surface area (Å²) in [7, 11) is 0. The van der Waals surface area contributed by atoms with Gasteiger partial charge in [0, 0.05) is 18.4 Å². The Balaban J connectivity index is 2.32. The summed E-state index contributed by atoms with van der Waals surface area (Å²) in [5, 5.41) is 3.12. The highest BCUT2D eigenvalue weighted by molar-refractivity contribution is 5.29. The van der Waals surface area contributed by atoms with Gasteiger partial charge in [0.1, 0.15) is 0 Å². The van der Waals surface area contributed by atoms with E-state index in [9.17, 15) is 13.2 Å². The molecule has 1 N–H and O–H groups in total. The van der Waals surface area contributed by atoms with Crippen LogP contribution in [0.4, 0.5) is 13.2 Å². The van der Waals surface area contributed by atoms with E-state index in [2.05, 4.69) is 10.3 Å². The fourth-order valence-electron chi connectivity index (χ4n) is 2.06. The highest BCUT2D eigenvalue weighted by Gasteiger charge is 2.35. The van der Waals surface area contributed by atoms with Gasteiger partial charge in [0.25, 0.3) is 0 Å². The van der Waals surface area contributed by atoms with Gasteiger partial charge in [-0.1, -0.05) is 6.42 Å². The van der Waals surface area contributed by atoms with Crippen molar-refractivity contribution in [3.8, 4) is 0 Å². The second-order valence-electron chi connectivity index (χ2n) is 3.96. The third kappa shape index (κ3) is 2.35. The van der Waals surface area contributed by atoms with Crippen molar-refractivity contribution in [2.24, 2.45) is 0 Å². The monoisotopic (exact) mass is 230 g/mol. The molecule has 1 atom stereocenters. The summed E-state index contributed by atoms with van der Waals surface area (Å²) in [6.45, 7) is 0.782. The fraction of sp³-hybridized carbons (Fsp3) is 0.545. The highest BCUT2D eigenvalue weighted by Crippen LogP contribution is 2.35. The van der Waals surface area contributed by atoms with Gasteiger partial charge in [0.15, 0.2) is 0 Å². The van der Waals surface area contributed by atoms with Crippen LogP contribution >= 0.6 is 0 Å². The molecule has 0 aliphatic carbocycles. The fourth-order valence-corrected chi connectivity index (χ4v) is 2.06. The van der Waals surface area contributed by atoms with Crippen LogP contribution in [-0.2, 0) is 6.18 Å². The number of aromatic nitrogens is 1. The highest BCUT2D eigenvalue weighted by atomic mass is 19.4. The van der Waals surface area contributed by atoms with Gasteiger partial charge in [-0.3, -0.25) is 4.98 Å². The third-order valence-corrected chi connectivity index (χ3v) is 2.85. The van der Waals surface area contributed by atoms with Gasteiger partial charge < -0.3 is 5.32 Å². The summed E-state index contributed by atoms with van der Waals surface area (Å²) in [5.74, 6) is 0. The van der Waals surface area contributed by atoms with Gasteiger partial charge >= 0.3 is 6.18 Å². The minimum atomic E-state index is -4.32. The lowest BCUT2D eigenvalue weighted by Gasteiger charge is -2.26. The standard InChI is InChI=1S/C11H13F3N2/c12-11(13,14)9-7-15-6-4-8(9)10-3-1-2-5-16-10/h4,6-7,10,16H,1-3,5H2. The van der Waals surface area contributed by atoms with Crippen molar-refractivity contribution in [2.75, 3.05) is 6.54 Å². The van der Waals surface area contributed by atoms with Crippen molar-refractivity contribution in [3.05, 3.63) is 29.6 Å². The maximum absolute atomic E-state index is 12.7. The molecule has 0 bridgehead atoms. The van der Waals surface area contributed by atoms with Crippen molar-refractivity contribution in [1.29, 1.82) is 0 Å². The Hall–Kier alpha value is -1.10. The summed E-state index contributed by atoms with van der Waals surface area (Å²) in [4.78, 5) is 3.56. The molecule has 0 spiro atoms. The molecule has 2 heterocycles. The second-order valence-corrected chi connectivity index (χ2v) is 3.96. The first-order valence-electron chi connectivity index (χ1n) is 5.33. The van der Waals surface area contributed by atoms with Gasteiger partial charge in [0.05, 0.1) is 5.56 Å². The predicted octanol–water partition coefficient (Wildman–Crippen LogP) is 2.92. The normalized spacial score (nSPS) is 22.1. The number of hydrogen-bond donors (Lipinski definition) is 1. The molecule has 2 rings (SSSR count). The molecular formula is C11H13F3N2. The van der Waals surface area contributed by atoms with E-state index in [1.165, 1.54) is 12.3 Å². The Morgan fingerprint density at radius 2 is 2.12 bits per heavy atom. The molecule has 0 aromatic carbocycles. The zero-order valence-corrected chi connectivity index (χ0v) is 8.72. The maximum Gasteiger partial charge on any atom is 0.418 e. The van der Waals surface area contributed by atoms with Crippen LogP contribution < -0.4 is 5.32 Å². The number of pyridine rings is 1. The van der Waals surface area contributed by atoms with E-state index in [0.29, 0.717) is 5.56 Å². The molecule has 0 radical (unpaired) electrons. The largest absolute Gasteiger partial charge is 0.418 e. The average Bonchev–Trinajstić information content (AvgIpc) is 2.29. The summed E-state index contributed by atoms with van der Waals surface area (Å²) in [5.41, 5.74) is -0.295. The molecule has 0 amide bonds. The molecule has 2 nitrogen and oxygen atoms in total. The van der Waals surface area contributed by atoms with Crippen molar-refractivity contribution < 1.29 is 13.2 Å². The molecule has 1 aliphatic heterocycles. The smallest absolute Gasteiger partial charge is 0.310 e. The average molecular weight is 230 g/mol. The van der Waals surface area contributed by atoms with Crippen molar-refractivity contribution >= 4 is 0 Å². The molecule has 1 fully saturated rings. The van der Waals surface area contributed by atoms with Crippen molar-refractivity contribution in [2.45, 2.75) is 31.5 Å². The summed E-state index contributed by atoms with van der Waals surface area (Å²) in [6, 6.07) is 1.28. The zero-order valence-electron chi connectivity index (χ0n) is 8.72. The molecule has 88 valence electrons. The Bertz CT molecular complexity index is 356. The number of hydrogen-bond acceptors (Lipinski definition) is 2. The quantitative estimate of drug-likeness (QED) is 0.802. The van der Waals surface area contributed by atoms with Gasteiger partial charge in [-0.2, -0.15) is 13.2 Å². The number of nitrogens with zero attached hydrogens (tertiary/aromatic N) is 1. The minimum absolute atomic E-state index is 0.187. The maximum atomic E-state index is 12.7. The van der Waals surface area contributed by atoms with Crippen LogP contribution in [0, 0.1) is 0 Å². The van der Waals surface area contributed by atoms with Gasteiger partial charge in [-0.25, -0.2) is 0 Å². The lowest BCUT2D eigenvalue weighted by molar-refractivity contribution is -0.138. The first kappa shape index (κ1) is 11.4. The SMILES string of the molecule is FC(F)(F)c1cnccc1C1CCCCN1. The van der Waals surface area contributed by atoms with Crippen LogP contribution in [-0.4, -0.2) is 11.5 Å². The Labute approximate surface area is 91.9 Å². The minimum Gasteiger partial charge on any atom is -0.310 e. The third-order valence-electron chi connectivity index (χ3n) is 2.85. The van der Waals surface area contributed by atoms with Crippen LogP contribution in [0.25, 0.3) is 0 Å². The predicted molar refractivity (Wildman–Crippen MR) is 53.8 cm³/mol. The Morgan fingerprint density at radius 1 is 1.31 bits per heavy atom. The first-order chi connectivity index (χ1) is 7.59. The van der Waals surface area contributed by atoms with Crippen LogP contribution in [0.5, 0.6) is 0 Å². The zero-order chi connectivity index (χ0) is 11.6. The lowest BCUT2D eigenvalue weighted by Crippen LogP contribution is -2.28. The van der Waals surface area contributed by atoms with Crippen molar-refractivity contribution in [1.82, 2.24) is 10.3 Å². The number of rotatable bonds is 1. The number of alkyl halides is 3. The molecule has 1 saturated heterocycles. The topological polar surface area (TPSA) is 24.9 Å². The second kappa shape index (κ2) is 4.41.